The molecule has 5 atom stereocenters. The summed E-state index contributed by atoms with van der Waals surface area (Å²) in [4.78, 5) is 0. The maximum absolute atomic E-state index is 11.2. The van der Waals surface area contributed by atoms with E-state index in [9.17, 15) is 5.11 Å². The predicted octanol–water partition coefficient (Wildman–Crippen LogP) is 6.63. The van der Waals surface area contributed by atoms with Crippen molar-refractivity contribution in [3.63, 3.8) is 0 Å². The zero-order valence-corrected chi connectivity index (χ0v) is 24.0. The van der Waals surface area contributed by atoms with Gasteiger partial charge in [-0.1, -0.05) is 133 Å². The number of aliphatic hydroxyl groups is 1. The summed E-state index contributed by atoms with van der Waals surface area (Å²) in [7, 11) is 0. The Morgan fingerprint density at radius 3 is 1.31 bits per heavy atom. The Balaban J connectivity index is 1.66. The van der Waals surface area contributed by atoms with Crippen molar-refractivity contribution >= 4 is 0 Å². The molecule has 0 saturated carbocycles. The zero-order valence-electron chi connectivity index (χ0n) is 24.0. The summed E-state index contributed by atoms with van der Waals surface area (Å²) in [5.74, 6) is 0. The van der Waals surface area contributed by atoms with Crippen LogP contribution >= 0.6 is 0 Å². The van der Waals surface area contributed by atoms with Crippen LogP contribution in [0.5, 0.6) is 0 Å². The van der Waals surface area contributed by atoms with E-state index in [-0.39, 0.29) is 6.04 Å². The molecule has 4 aromatic carbocycles. The molecule has 0 bridgehead atoms. The third-order valence-corrected chi connectivity index (χ3v) is 7.07. The normalized spacial score (nSPS) is 14.8. The average Bonchev–Trinajstić information content (AvgIpc) is 3.06. The highest BCUT2D eigenvalue weighted by molar-refractivity contribution is 5.17. The van der Waals surface area contributed by atoms with Crippen LogP contribution in [0.2, 0.25) is 0 Å². The average molecular weight is 564 g/mol. The van der Waals surface area contributed by atoms with Gasteiger partial charge in [-0.05, 0) is 22.3 Å². The van der Waals surface area contributed by atoms with Gasteiger partial charge in [0, 0.05) is 6.54 Å². The Kier molecular flexibility index (Phi) is 12.7. The fraction of sp³-hybridized carbons (Fsp3) is 0.243. The maximum atomic E-state index is 11.2. The molecule has 2 N–H and O–H groups in total. The van der Waals surface area contributed by atoms with Gasteiger partial charge in [-0.25, -0.2) is 0 Å². The molecule has 218 valence electrons. The Morgan fingerprint density at radius 1 is 0.524 bits per heavy atom. The van der Waals surface area contributed by atoms with Crippen molar-refractivity contribution in [1.82, 2.24) is 5.32 Å². The highest BCUT2D eigenvalue weighted by Crippen LogP contribution is 2.24. The van der Waals surface area contributed by atoms with Gasteiger partial charge in [0.2, 0.25) is 0 Å². The second kappa shape index (κ2) is 17.2. The first-order valence-corrected chi connectivity index (χ1v) is 14.3. The van der Waals surface area contributed by atoms with E-state index >= 15 is 0 Å². The summed E-state index contributed by atoms with van der Waals surface area (Å²) in [5.41, 5.74) is 4.16. The minimum atomic E-state index is -1.00. The quantitative estimate of drug-likeness (QED) is 0.133. The molecule has 5 nitrogen and oxygen atoms in total. The lowest BCUT2D eigenvalue weighted by Crippen LogP contribution is -2.55. The van der Waals surface area contributed by atoms with Gasteiger partial charge in [-0.3, -0.25) is 0 Å². The number of aliphatic hydroxyl groups excluding tert-OH is 1. The molecule has 0 unspecified atom stereocenters. The molecule has 0 radical (unpaired) electrons. The molecule has 0 aliphatic carbocycles. The molecule has 4 aromatic rings. The van der Waals surface area contributed by atoms with Crippen LogP contribution in [0, 0.1) is 0 Å². The Morgan fingerprint density at radius 2 is 0.905 bits per heavy atom. The van der Waals surface area contributed by atoms with Gasteiger partial charge in [0.05, 0.1) is 25.9 Å². The van der Waals surface area contributed by atoms with E-state index in [4.69, 9.17) is 14.2 Å². The maximum Gasteiger partial charge on any atom is 0.116 e. The predicted molar refractivity (Wildman–Crippen MR) is 169 cm³/mol. The van der Waals surface area contributed by atoms with Gasteiger partial charge in [0.25, 0.3) is 0 Å². The molecule has 0 aliphatic rings. The molecule has 0 spiro atoms. The van der Waals surface area contributed by atoms with Gasteiger partial charge >= 0.3 is 0 Å². The minimum Gasteiger partial charge on any atom is -0.386 e. The van der Waals surface area contributed by atoms with E-state index in [1.165, 1.54) is 6.08 Å². The lowest BCUT2D eigenvalue weighted by Gasteiger charge is -2.38. The standard InChI is InChI=1S/C37H41NO4/c1-3-33(38-25-29-17-9-5-10-18-29)35(40-26-30-19-11-6-12-20-30)37(42-28-32-23-15-8-16-24-32)36(34(39)4-2)41-27-31-21-13-7-14-22-31/h3-24,33-39H,1-2,25-28H2/t33-,34-,35+,36-,37-/m1/s1. The van der Waals surface area contributed by atoms with Crippen molar-refractivity contribution in [2.75, 3.05) is 0 Å². The van der Waals surface area contributed by atoms with Crippen molar-refractivity contribution in [3.8, 4) is 0 Å². The van der Waals surface area contributed by atoms with E-state index in [1.807, 2.05) is 115 Å². The first-order valence-electron chi connectivity index (χ1n) is 14.3. The van der Waals surface area contributed by atoms with E-state index in [2.05, 4.69) is 30.6 Å². The zero-order chi connectivity index (χ0) is 29.4. The lowest BCUT2D eigenvalue weighted by molar-refractivity contribution is -0.176. The van der Waals surface area contributed by atoms with Gasteiger partial charge in [0.1, 0.15) is 24.4 Å². The Hall–Kier alpha value is -3.84. The van der Waals surface area contributed by atoms with E-state index < -0.39 is 24.4 Å². The smallest absolute Gasteiger partial charge is 0.116 e. The molecular weight excluding hydrogens is 522 g/mol. The first kappa shape index (κ1) is 31.1. The van der Waals surface area contributed by atoms with Crippen LogP contribution in [0.4, 0.5) is 0 Å². The monoisotopic (exact) mass is 563 g/mol. The molecular formula is C37H41NO4. The molecule has 0 saturated heterocycles. The molecule has 5 heteroatoms. The number of benzene rings is 4. The van der Waals surface area contributed by atoms with Crippen molar-refractivity contribution in [3.05, 3.63) is 169 Å². The largest absolute Gasteiger partial charge is 0.386 e. The van der Waals surface area contributed by atoms with Gasteiger partial charge < -0.3 is 24.6 Å². The van der Waals surface area contributed by atoms with E-state index in [0.717, 1.165) is 22.3 Å². The number of hydrogen-bond acceptors (Lipinski definition) is 5. The van der Waals surface area contributed by atoms with Crippen LogP contribution < -0.4 is 5.32 Å². The number of nitrogens with one attached hydrogen (secondary N) is 1. The van der Waals surface area contributed by atoms with Crippen LogP contribution in [0.25, 0.3) is 0 Å². The molecule has 0 aromatic heterocycles. The fourth-order valence-corrected chi connectivity index (χ4v) is 4.77. The van der Waals surface area contributed by atoms with Crippen LogP contribution in [-0.4, -0.2) is 35.6 Å². The van der Waals surface area contributed by atoms with Crippen molar-refractivity contribution in [2.45, 2.75) is 56.8 Å². The highest BCUT2D eigenvalue weighted by atomic mass is 16.6. The van der Waals surface area contributed by atoms with Gasteiger partial charge in [-0.15, -0.1) is 13.2 Å². The number of hydrogen-bond donors (Lipinski definition) is 2. The lowest BCUT2D eigenvalue weighted by atomic mass is 9.96. The summed E-state index contributed by atoms with van der Waals surface area (Å²) < 4.78 is 19.7. The van der Waals surface area contributed by atoms with Crippen molar-refractivity contribution in [2.24, 2.45) is 0 Å². The van der Waals surface area contributed by atoms with Gasteiger partial charge in [-0.2, -0.15) is 0 Å². The molecule has 0 fully saturated rings. The molecule has 4 rings (SSSR count). The van der Waals surface area contributed by atoms with E-state index in [1.54, 1.807) is 0 Å². The second-order valence-electron chi connectivity index (χ2n) is 10.1. The van der Waals surface area contributed by atoms with Crippen LogP contribution in [0.1, 0.15) is 22.3 Å². The summed E-state index contributed by atoms with van der Waals surface area (Å²) in [6.07, 6.45) is 0.308. The highest BCUT2D eigenvalue weighted by Gasteiger charge is 2.39. The molecule has 0 aliphatic heterocycles. The van der Waals surface area contributed by atoms with Crippen LogP contribution in [-0.2, 0) is 40.6 Å². The Bertz CT molecular complexity index is 1300. The first-order chi connectivity index (χ1) is 20.7. The van der Waals surface area contributed by atoms with Crippen LogP contribution in [0.3, 0.4) is 0 Å². The SMILES string of the molecule is C=C[C@@H](O)[C@@H](OCc1ccccc1)[C@H](OCc1ccccc1)[C@@H](OCc1ccccc1)[C@@H](C=C)NCc1ccccc1. The third kappa shape index (κ3) is 9.62. The van der Waals surface area contributed by atoms with E-state index in [0.29, 0.717) is 26.4 Å². The third-order valence-electron chi connectivity index (χ3n) is 7.07. The number of rotatable bonds is 18. The molecule has 0 amide bonds. The molecule has 0 heterocycles. The summed E-state index contributed by atoms with van der Waals surface area (Å²) in [5, 5.41) is 14.8. The summed E-state index contributed by atoms with van der Waals surface area (Å²) >= 11 is 0. The molecule has 42 heavy (non-hydrogen) atoms. The second-order valence-corrected chi connectivity index (χ2v) is 10.1. The summed E-state index contributed by atoms with van der Waals surface area (Å²) in [6, 6.07) is 39.7. The van der Waals surface area contributed by atoms with Gasteiger partial charge in [0.15, 0.2) is 0 Å². The summed E-state index contributed by atoms with van der Waals surface area (Å²) in [6.45, 7) is 9.58. The number of ether oxygens (including phenoxy) is 3. The Labute approximate surface area is 250 Å². The van der Waals surface area contributed by atoms with Crippen molar-refractivity contribution in [1.29, 1.82) is 0 Å². The minimum absolute atomic E-state index is 0.295. The fourth-order valence-electron chi connectivity index (χ4n) is 4.77. The van der Waals surface area contributed by atoms with Crippen LogP contribution in [0.15, 0.2) is 147 Å². The topological polar surface area (TPSA) is 60.0 Å². The van der Waals surface area contributed by atoms with Crippen molar-refractivity contribution < 1.29 is 19.3 Å².